The first-order chi connectivity index (χ1) is 13.3. The third kappa shape index (κ3) is 4.11. The van der Waals surface area contributed by atoms with Crippen molar-refractivity contribution in [1.29, 1.82) is 0 Å². The van der Waals surface area contributed by atoms with Crippen LogP contribution in [0.5, 0.6) is 0 Å². The Morgan fingerprint density at radius 2 is 1.85 bits per heavy atom. The van der Waals surface area contributed by atoms with Crippen LogP contribution in [0.2, 0.25) is 0 Å². The number of Topliss-reactive ketones (excluding diaryl/α,β-unsaturated/α-hetero) is 1. The van der Waals surface area contributed by atoms with Gasteiger partial charge in [0.1, 0.15) is 0 Å². The molecule has 27 heavy (non-hydrogen) atoms. The molecule has 1 aromatic carbocycles. The molecule has 0 N–H and O–H groups in total. The van der Waals surface area contributed by atoms with Crippen molar-refractivity contribution in [3.05, 3.63) is 59.9 Å². The fraction of sp³-hybridized carbons (Fsp3) is 0.333. The lowest BCUT2D eigenvalue weighted by Crippen LogP contribution is -2.05. The van der Waals surface area contributed by atoms with E-state index in [1.807, 2.05) is 24.3 Å². The number of benzene rings is 1. The van der Waals surface area contributed by atoms with Gasteiger partial charge in [0, 0.05) is 29.6 Å². The van der Waals surface area contributed by atoms with Crippen LogP contribution in [0.4, 0.5) is 0 Å². The lowest BCUT2D eigenvalue weighted by Gasteiger charge is -2.08. The van der Waals surface area contributed by atoms with Crippen molar-refractivity contribution in [3.63, 3.8) is 0 Å². The molecule has 0 amide bonds. The molecule has 0 aliphatic heterocycles. The summed E-state index contributed by atoms with van der Waals surface area (Å²) in [6.07, 6.45) is 7.96. The highest BCUT2D eigenvalue weighted by Gasteiger charge is 2.30. The molecular weight excluding hydrogens is 356 g/mol. The van der Waals surface area contributed by atoms with Gasteiger partial charge in [0.25, 0.3) is 0 Å². The van der Waals surface area contributed by atoms with E-state index in [4.69, 9.17) is 0 Å². The number of thioether (sulfide) groups is 1. The largest absolute Gasteiger partial charge is 0.299 e. The van der Waals surface area contributed by atoms with Crippen LogP contribution in [0.3, 0.4) is 0 Å². The highest BCUT2D eigenvalue weighted by atomic mass is 32.2. The normalized spacial score (nSPS) is 13.7. The van der Waals surface area contributed by atoms with Gasteiger partial charge in [-0.25, -0.2) is 0 Å². The zero-order valence-corrected chi connectivity index (χ0v) is 16.2. The predicted molar refractivity (Wildman–Crippen MR) is 107 cm³/mol. The van der Waals surface area contributed by atoms with Crippen molar-refractivity contribution in [2.75, 3.05) is 5.75 Å². The monoisotopic (exact) mass is 378 g/mol. The molecule has 1 aliphatic carbocycles. The van der Waals surface area contributed by atoms with E-state index in [9.17, 15) is 4.79 Å². The molecule has 1 saturated carbocycles. The summed E-state index contributed by atoms with van der Waals surface area (Å²) >= 11 is 1.47. The molecule has 0 spiro atoms. The van der Waals surface area contributed by atoms with Crippen LogP contribution in [-0.4, -0.2) is 31.3 Å². The van der Waals surface area contributed by atoms with E-state index in [0.29, 0.717) is 11.8 Å². The lowest BCUT2D eigenvalue weighted by atomic mass is 10.1. The summed E-state index contributed by atoms with van der Waals surface area (Å²) in [4.78, 5) is 16.6. The number of hydrogen-bond acceptors (Lipinski definition) is 5. The number of nitrogens with zero attached hydrogens (tertiary/aromatic N) is 4. The van der Waals surface area contributed by atoms with Gasteiger partial charge in [-0.1, -0.05) is 49.4 Å². The first-order valence-corrected chi connectivity index (χ1v) is 10.3. The summed E-state index contributed by atoms with van der Waals surface area (Å²) in [6, 6.07) is 12.3. The van der Waals surface area contributed by atoms with Crippen LogP contribution in [0.15, 0.2) is 53.9 Å². The van der Waals surface area contributed by atoms with Crippen LogP contribution < -0.4 is 0 Å². The third-order valence-electron chi connectivity index (χ3n) is 4.66. The Hall–Kier alpha value is -2.47. The maximum absolute atomic E-state index is 12.6. The molecule has 0 saturated heterocycles. The highest BCUT2D eigenvalue weighted by Crippen LogP contribution is 2.41. The van der Waals surface area contributed by atoms with Gasteiger partial charge in [-0.2, -0.15) is 0 Å². The zero-order chi connectivity index (χ0) is 18.6. The number of rotatable bonds is 8. The van der Waals surface area contributed by atoms with Crippen LogP contribution >= 0.6 is 11.8 Å². The molecule has 2 aromatic heterocycles. The van der Waals surface area contributed by atoms with E-state index >= 15 is 0 Å². The maximum Gasteiger partial charge on any atom is 0.192 e. The van der Waals surface area contributed by atoms with E-state index in [0.717, 1.165) is 47.8 Å². The molecule has 4 rings (SSSR count). The average Bonchev–Trinajstić information content (AvgIpc) is 3.46. The highest BCUT2D eigenvalue weighted by molar-refractivity contribution is 7.99. The number of pyridine rings is 1. The minimum absolute atomic E-state index is 0.124. The van der Waals surface area contributed by atoms with Crippen molar-refractivity contribution in [2.45, 2.75) is 43.8 Å². The van der Waals surface area contributed by atoms with Crippen LogP contribution in [0, 0.1) is 0 Å². The molecule has 0 radical (unpaired) electrons. The number of hydrogen-bond donors (Lipinski definition) is 0. The minimum atomic E-state index is 0.124. The Balaban J connectivity index is 1.48. The Bertz CT molecular complexity index is 917. The number of aromatic nitrogens is 4. The van der Waals surface area contributed by atoms with Crippen molar-refractivity contribution >= 4 is 17.5 Å². The summed E-state index contributed by atoms with van der Waals surface area (Å²) in [5.41, 5.74) is 3.04. The van der Waals surface area contributed by atoms with Crippen molar-refractivity contribution in [1.82, 2.24) is 19.7 Å². The van der Waals surface area contributed by atoms with Gasteiger partial charge in [-0.05, 0) is 37.0 Å². The van der Waals surface area contributed by atoms with Gasteiger partial charge in [-0.3, -0.25) is 14.3 Å². The molecule has 5 nitrogen and oxygen atoms in total. The average molecular weight is 379 g/mol. The SMILES string of the molecule is CCCc1ccc(C(=O)CSc2nnc(-c3ccncc3)n2C2CC2)cc1. The molecule has 1 fully saturated rings. The molecule has 1 aliphatic rings. The van der Waals surface area contributed by atoms with Crippen molar-refractivity contribution in [2.24, 2.45) is 0 Å². The Labute approximate surface area is 163 Å². The quantitative estimate of drug-likeness (QED) is 0.423. The Kier molecular flexibility index (Phi) is 5.34. The molecule has 0 unspecified atom stereocenters. The second-order valence-electron chi connectivity index (χ2n) is 6.80. The first-order valence-electron chi connectivity index (χ1n) is 9.36. The Morgan fingerprint density at radius 1 is 1.11 bits per heavy atom. The number of carbonyl (C=O) groups is 1. The van der Waals surface area contributed by atoms with E-state index in [1.54, 1.807) is 12.4 Å². The Morgan fingerprint density at radius 3 is 2.52 bits per heavy atom. The van der Waals surface area contributed by atoms with Crippen molar-refractivity contribution in [3.8, 4) is 11.4 Å². The molecule has 0 bridgehead atoms. The topological polar surface area (TPSA) is 60.7 Å². The molecule has 2 heterocycles. The van der Waals surface area contributed by atoms with Crippen molar-refractivity contribution < 1.29 is 4.79 Å². The second kappa shape index (κ2) is 8.05. The third-order valence-corrected chi connectivity index (χ3v) is 5.61. The van der Waals surface area contributed by atoms with E-state index in [-0.39, 0.29) is 5.78 Å². The summed E-state index contributed by atoms with van der Waals surface area (Å²) in [5.74, 6) is 1.35. The van der Waals surface area contributed by atoms with Crippen LogP contribution in [0.25, 0.3) is 11.4 Å². The fourth-order valence-electron chi connectivity index (χ4n) is 3.09. The second-order valence-corrected chi connectivity index (χ2v) is 7.74. The van der Waals surface area contributed by atoms with E-state index in [1.165, 1.54) is 17.3 Å². The number of aryl methyl sites for hydroxylation is 1. The zero-order valence-electron chi connectivity index (χ0n) is 15.3. The molecule has 6 heteroatoms. The summed E-state index contributed by atoms with van der Waals surface area (Å²) < 4.78 is 2.18. The summed E-state index contributed by atoms with van der Waals surface area (Å²) in [5, 5.41) is 9.56. The van der Waals surface area contributed by atoms with Crippen LogP contribution in [0.1, 0.15) is 48.1 Å². The fourth-order valence-corrected chi connectivity index (χ4v) is 3.99. The molecule has 138 valence electrons. The van der Waals surface area contributed by atoms with Gasteiger partial charge < -0.3 is 0 Å². The van der Waals surface area contributed by atoms with Gasteiger partial charge in [-0.15, -0.1) is 10.2 Å². The lowest BCUT2D eigenvalue weighted by molar-refractivity contribution is 0.102. The summed E-state index contributed by atoms with van der Waals surface area (Å²) in [7, 11) is 0. The molecule has 3 aromatic rings. The predicted octanol–water partition coefficient (Wildman–Crippen LogP) is 4.60. The summed E-state index contributed by atoms with van der Waals surface area (Å²) in [6.45, 7) is 2.16. The standard InChI is InChI=1S/C21H22N4OS/c1-2-3-15-4-6-16(7-5-15)19(26)14-27-21-24-23-20(25(21)18-8-9-18)17-10-12-22-13-11-17/h4-7,10-13,18H,2-3,8-9,14H2,1H3. The van der Waals surface area contributed by atoms with E-state index < -0.39 is 0 Å². The maximum atomic E-state index is 12.6. The smallest absolute Gasteiger partial charge is 0.192 e. The van der Waals surface area contributed by atoms with Gasteiger partial charge >= 0.3 is 0 Å². The van der Waals surface area contributed by atoms with Gasteiger partial charge in [0.05, 0.1) is 5.75 Å². The first kappa shape index (κ1) is 17.9. The van der Waals surface area contributed by atoms with Crippen LogP contribution in [-0.2, 0) is 6.42 Å². The number of ketones is 1. The molecular formula is C21H22N4OS. The van der Waals surface area contributed by atoms with E-state index in [2.05, 4.69) is 38.8 Å². The van der Waals surface area contributed by atoms with Gasteiger partial charge in [0.2, 0.25) is 0 Å². The number of carbonyl (C=O) groups excluding carboxylic acids is 1. The minimum Gasteiger partial charge on any atom is -0.299 e. The molecule has 0 atom stereocenters. The van der Waals surface area contributed by atoms with Gasteiger partial charge in [0.15, 0.2) is 16.8 Å².